The van der Waals surface area contributed by atoms with Gasteiger partial charge >= 0.3 is 0 Å². The van der Waals surface area contributed by atoms with Crippen LogP contribution in [0.2, 0.25) is 5.15 Å². The Balaban J connectivity index is 1.54. The van der Waals surface area contributed by atoms with Crippen LogP contribution in [0.1, 0.15) is 11.1 Å². The quantitative estimate of drug-likeness (QED) is 0.385. The van der Waals surface area contributed by atoms with Gasteiger partial charge in [-0.3, -0.25) is 0 Å². The molecule has 0 spiro atoms. The minimum atomic E-state index is -0.486. The van der Waals surface area contributed by atoms with Gasteiger partial charge in [-0.05, 0) is 23.8 Å². The molecule has 1 saturated heterocycles. The SMILES string of the molecule is COc1ccc(CN[C@@H]2COC[C@H]2O)cc1Cn1c2ccccc2c2nc(N)nc(Cl)c21. The maximum absolute atomic E-state index is 9.98. The van der Waals surface area contributed by atoms with E-state index in [1.165, 1.54) is 0 Å². The Morgan fingerprint density at radius 1 is 1.25 bits per heavy atom. The van der Waals surface area contributed by atoms with Crippen molar-refractivity contribution in [2.45, 2.75) is 25.2 Å². The van der Waals surface area contributed by atoms with Crippen LogP contribution in [0.5, 0.6) is 5.75 Å². The zero-order chi connectivity index (χ0) is 22.2. The number of rotatable bonds is 6. The Labute approximate surface area is 189 Å². The number of fused-ring (bicyclic) bond motifs is 3. The molecular weight excluding hydrogens is 430 g/mol. The number of aromatic nitrogens is 3. The number of anilines is 1. The normalized spacial score (nSPS) is 18.6. The second-order valence-electron chi connectivity index (χ2n) is 7.91. The van der Waals surface area contributed by atoms with Gasteiger partial charge in [0.05, 0.1) is 44.5 Å². The average molecular weight is 454 g/mol. The number of nitrogens with one attached hydrogen (secondary N) is 1. The molecule has 0 aliphatic carbocycles. The van der Waals surface area contributed by atoms with Gasteiger partial charge in [-0.2, -0.15) is 4.98 Å². The van der Waals surface area contributed by atoms with E-state index in [0.717, 1.165) is 38.8 Å². The van der Waals surface area contributed by atoms with Crippen molar-refractivity contribution in [3.63, 3.8) is 0 Å². The molecule has 0 amide bonds. The second kappa shape index (κ2) is 8.55. The number of aliphatic hydroxyl groups is 1. The average Bonchev–Trinajstić information content (AvgIpc) is 3.34. The summed E-state index contributed by atoms with van der Waals surface area (Å²) in [5.41, 5.74) is 10.4. The van der Waals surface area contributed by atoms with E-state index in [9.17, 15) is 5.11 Å². The van der Waals surface area contributed by atoms with E-state index in [4.69, 9.17) is 26.8 Å². The standard InChI is InChI=1S/C23H24ClN5O3/c1-31-19-7-6-13(9-26-16-11-32-12-18(16)30)8-14(19)10-29-17-5-3-2-4-15(17)20-21(29)22(24)28-23(25)27-20/h2-8,16,18,26,30H,9-12H2,1H3,(H2,25,27,28)/t16-,18-/m1/s1. The van der Waals surface area contributed by atoms with Gasteiger partial charge in [-0.15, -0.1) is 0 Å². The molecule has 8 nitrogen and oxygen atoms in total. The Hall–Kier alpha value is -2.91. The van der Waals surface area contributed by atoms with E-state index in [1.54, 1.807) is 7.11 Å². The first-order valence-corrected chi connectivity index (χ1v) is 10.8. The topological polar surface area (TPSA) is 107 Å². The number of nitrogen functional groups attached to an aromatic ring is 1. The number of halogens is 1. The fraction of sp³-hybridized carbons (Fsp3) is 0.304. The number of methoxy groups -OCH3 is 1. The molecule has 0 bridgehead atoms. The summed E-state index contributed by atoms with van der Waals surface area (Å²) < 4.78 is 13.1. The number of aliphatic hydroxyl groups excluding tert-OH is 1. The summed E-state index contributed by atoms with van der Waals surface area (Å²) in [5, 5.41) is 14.6. The predicted molar refractivity (Wildman–Crippen MR) is 124 cm³/mol. The third kappa shape index (κ3) is 3.75. The number of nitrogens with zero attached hydrogens (tertiary/aromatic N) is 3. The number of benzene rings is 2. The number of para-hydroxylation sites is 1. The van der Waals surface area contributed by atoms with Crippen LogP contribution < -0.4 is 15.8 Å². The van der Waals surface area contributed by atoms with Crippen molar-refractivity contribution in [2.24, 2.45) is 0 Å². The summed E-state index contributed by atoms with van der Waals surface area (Å²) in [4.78, 5) is 8.63. The summed E-state index contributed by atoms with van der Waals surface area (Å²) >= 11 is 6.52. The molecule has 166 valence electrons. The highest BCUT2D eigenvalue weighted by Crippen LogP contribution is 2.33. The number of hydrogen-bond donors (Lipinski definition) is 3. The van der Waals surface area contributed by atoms with E-state index in [1.807, 2.05) is 36.4 Å². The van der Waals surface area contributed by atoms with Gasteiger partial charge in [-0.25, -0.2) is 4.98 Å². The van der Waals surface area contributed by atoms with Crippen LogP contribution in [0, 0.1) is 0 Å². The predicted octanol–water partition coefficient (Wildman–Crippen LogP) is 2.73. The van der Waals surface area contributed by atoms with Crippen LogP contribution in [0.3, 0.4) is 0 Å². The molecule has 1 aliphatic rings. The number of nitrogens with two attached hydrogens (primary N) is 1. The van der Waals surface area contributed by atoms with Crippen LogP contribution >= 0.6 is 11.6 Å². The van der Waals surface area contributed by atoms with E-state index < -0.39 is 6.10 Å². The van der Waals surface area contributed by atoms with Crippen molar-refractivity contribution < 1.29 is 14.6 Å². The molecule has 1 aliphatic heterocycles. The van der Waals surface area contributed by atoms with Crippen molar-refractivity contribution >= 4 is 39.5 Å². The molecule has 9 heteroatoms. The van der Waals surface area contributed by atoms with Gasteiger partial charge < -0.3 is 30.2 Å². The molecule has 2 atom stereocenters. The van der Waals surface area contributed by atoms with Crippen LogP contribution in [0.15, 0.2) is 42.5 Å². The summed E-state index contributed by atoms with van der Waals surface area (Å²) in [6, 6.07) is 14.0. The molecule has 0 radical (unpaired) electrons. The molecule has 2 aromatic heterocycles. The first-order valence-electron chi connectivity index (χ1n) is 10.4. The van der Waals surface area contributed by atoms with E-state index in [2.05, 4.69) is 25.9 Å². The minimum Gasteiger partial charge on any atom is -0.496 e. The Bertz CT molecular complexity index is 1290. The van der Waals surface area contributed by atoms with Crippen LogP contribution in [0.25, 0.3) is 21.9 Å². The van der Waals surface area contributed by atoms with Crippen molar-refractivity contribution in [3.8, 4) is 5.75 Å². The van der Waals surface area contributed by atoms with Crippen molar-refractivity contribution in [1.82, 2.24) is 19.9 Å². The van der Waals surface area contributed by atoms with Crippen LogP contribution in [-0.4, -0.2) is 52.1 Å². The first kappa shape index (κ1) is 21.0. The molecule has 5 rings (SSSR count). The Kier molecular flexibility index (Phi) is 5.60. The first-order chi connectivity index (χ1) is 15.5. The van der Waals surface area contributed by atoms with E-state index in [-0.39, 0.29) is 12.0 Å². The lowest BCUT2D eigenvalue weighted by atomic mass is 10.1. The highest BCUT2D eigenvalue weighted by molar-refractivity contribution is 6.35. The van der Waals surface area contributed by atoms with Gasteiger partial charge in [-0.1, -0.05) is 35.9 Å². The molecular formula is C23H24ClN5O3. The fourth-order valence-corrected chi connectivity index (χ4v) is 4.57. The molecule has 4 aromatic rings. The van der Waals surface area contributed by atoms with Crippen LogP contribution in [0.4, 0.5) is 5.95 Å². The van der Waals surface area contributed by atoms with Gasteiger partial charge in [0.25, 0.3) is 0 Å². The second-order valence-corrected chi connectivity index (χ2v) is 8.27. The zero-order valence-corrected chi connectivity index (χ0v) is 18.3. The largest absolute Gasteiger partial charge is 0.496 e. The van der Waals surface area contributed by atoms with Gasteiger partial charge in [0.15, 0.2) is 5.15 Å². The lowest BCUT2D eigenvalue weighted by Gasteiger charge is -2.17. The molecule has 2 aromatic carbocycles. The fourth-order valence-electron chi connectivity index (χ4n) is 4.29. The maximum atomic E-state index is 9.98. The third-order valence-electron chi connectivity index (χ3n) is 5.87. The lowest BCUT2D eigenvalue weighted by Crippen LogP contribution is -2.38. The van der Waals surface area contributed by atoms with E-state index >= 15 is 0 Å². The van der Waals surface area contributed by atoms with Gasteiger partial charge in [0, 0.05) is 17.5 Å². The highest BCUT2D eigenvalue weighted by Gasteiger charge is 2.25. The monoisotopic (exact) mass is 453 g/mol. The molecule has 32 heavy (non-hydrogen) atoms. The summed E-state index contributed by atoms with van der Waals surface area (Å²) in [6.45, 7) is 2.00. The maximum Gasteiger partial charge on any atom is 0.222 e. The molecule has 4 N–H and O–H groups in total. The number of hydrogen-bond acceptors (Lipinski definition) is 7. The third-order valence-corrected chi connectivity index (χ3v) is 6.13. The number of ether oxygens (including phenoxy) is 2. The minimum absolute atomic E-state index is 0.0701. The Morgan fingerprint density at radius 3 is 2.88 bits per heavy atom. The lowest BCUT2D eigenvalue weighted by molar-refractivity contribution is 0.122. The molecule has 0 unspecified atom stereocenters. The van der Waals surface area contributed by atoms with E-state index in [0.29, 0.717) is 31.5 Å². The smallest absolute Gasteiger partial charge is 0.222 e. The summed E-state index contributed by atoms with van der Waals surface area (Å²) in [5.74, 6) is 0.922. The van der Waals surface area contributed by atoms with Gasteiger partial charge in [0.2, 0.25) is 5.95 Å². The van der Waals surface area contributed by atoms with Crippen molar-refractivity contribution in [3.05, 3.63) is 58.7 Å². The van der Waals surface area contributed by atoms with Crippen molar-refractivity contribution in [1.29, 1.82) is 0 Å². The summed E-state index contributed by atoms with van der Waals surface area (Å²) in [7, 11) is 1.66. The van der Waals surface area contributed by atoms with Crippen molar-refractivity contribution in [2.75, 3.05) is 26.1 Å². The zero-order valence-electron chi connectivity index (χ0n) is 17.6. The van der Waals surface area contributed by atoms with Crippen LogP contribution in [-0.2, 0) is 17.8 Å². The summed E-state index contributed by atoms with van der Waals surface area (Å²) in [6.07, 6.45) is -0.486. The Morgan fingerprint density at radius 2 is 2.09 bits per heavy atom. The highest BCUT2D eigenvalue weighted by atomic mass is 35.5. The van der Waals surface area contributed by atoms with Gasteiger partial charge in [0.1, 0.15) is 16.8 Å². The molecule has 0 saturated carbocycles. The molecule has 1 fully saturated rings. The molecule has 3 heterocycles.